The highest BCUT2D eigenvalue weighted by atomic mass is 16.5. The van der Waals surface area contributed by atoms with Gasteiger partial charge in [0.15, 0.2) is 0 Å². The number of imidazole rings is 1. The van der Waals surface area contributed by atoms with Crippen molar-refractivity contribution in [2.24, 2.45) is 12.8 Å². The Kier molecular flexibility index (Phi) is 7.45. The molecule has 11 heteroatoms. The molecule has 3 aliphatic heterocycles. The first-order valence-corrected chi connectivity index (χ1v) is 13.2. The number of piperidine rings is 1. The molecule has 37 heavy (non-hydrogen) atoms. The zero-order valence-electron chi connectivity index (χ0n) is 21.4. The van der Waals surface area contributed by atoms with Crippen molar-refractivity contribution in [3.63, 3.8) is 0 Å². The van der Waals surface area contributed by atoms with Gasteiger partial charge in [-0.25, -0.2) is 4.79 Å². The van der Waals surface area contributed by atoms with E-state index in [-0.39, 0.29) is 36.1 Å². The van der Waals surface area contributed by atoms with Crippen molar-refractivity contribution >= 4 is 28.8 Å². The van der Waals surface area contributed by atoms with Gasteiger partial charge < -0.3 is 15.4 Å². The van der Waals surface area contributed by atoms with Gasteiger partial charge in [0.25, 0.3) is 5.91 Å². The first kappa shape index (κ1) is 25.6. The Balaban J connectivity index is 1.15. The lowest BCUT2D eigenvalue weighted by Crippen LogP contribution is -2.53. The molecule has 4 heterocycles. The second-order valence-electron chi connectivity index (χ2n) is 10.4. The molecule has 3 atom stereocenters. The van der Waals surface area contributed by atoms with Crippen LogP contribution in [-0.2, 0) is 32.6 Å². The lowest BCUT2D eigenvalue weighted by molar-refractivity contribution is -0.148. The maximum absolute atomic E-state index is 12.9. The van der Waals surface area contributed by atoms with Gasteiger partial charge in [-0.05, 0) is 56.3 Å². The number of hydrogen-bond donors (Lipinski definition) is 2. The van der Waals surface area contributed by atoms with Gasteiger partial charge in [-0.2, -0.15) is 0 Å². The van der Waals surface area contributed by atoms with Gasteiger partial charge in [0.2, 0.25) is 11.8 Å². The number of imide groups is 1. The van der Waals surface area contributed by atoms with Crippen LogP contribution in [0.5, 0.6) is 0 Å². The summed E-state index contributed by atoms with van der Waals surface area (Å²) < 4.78 is 8.73. The minimum atomic E-state index is -0.674. The van der Waals surface area contributed by atoms with E-state index < -0.39 is 11.9 Å². The highest BCUT2D eigenvalue weighted by Crippen LogP contribution is 2.24. The predicted octanol–water partition coefficient (Wildman–Crippen LogP) is -0.0992. The SMILES string of the molecule is Cn1c(=O)n(C2CCC(=O)NC2=O)c2ccc(CCCN3CCN(C(=O)[C@@H]4CC[C@@H](N)CO4)CC3)cc21. The number of aromatic nitrogens is 2. The number of amides is 3. The molecular formula is C26H36N6O5. The molecule has 11 nitrogen and oxygen atoms in total. The molecule has 1 aromatic heterocycles. The molecular weight excluding hydrogens is 476 g/mol. The zero-order chi connectivity index (χ0) is 26.1. The Morgan fingerprint density at radius 2 is 1.86 bits per heavy atom. The van der Waals surface area contributed by atoms with Gasteiger partial charge in [0, 0.05) is 45.7 Å². The largest absolute Gasteiger partial charge is 0.367 e. The van der Waals surface area contributed by atoms with Crippen molar-refractivity contribution in [1.29, 1.82) is 0 Å². The van der Waals surface area contributed by atoms with E-state index in [0.29, 0.717) is 38.1 Å². The minimum Gasteiger partial charge on any atom is -0.367 e. The Morgan fingerprint density at radius 3 is 2.57 bits per heavy atom. The van der Waals surface area contributed by atoms with E-state index in [1.165, 1.54) is 4.57 Å². The molecule has 0 aliphatic carbocycles. The fraction of sp³-hybridized carbons (Fsp3) is 0.615. The number of benzene rings is 1. The Bertz CT molecular complexity index is 1240. The average Bonchev–Trinajstić information content (AvgIpc) is 3.14. The fourth-order valence-electron chi connectivity index (χ4n) is 5.66. The number of piperazine rings is 1. The van der Waals surface area contributed by atoms with E-state index in [1.54, 1.807) is 11.6 Å². The van der Waals surface area contributed by atoms with E-state index in [1.807, 2.05) is 23.1 Å². The number of nitrogens with one attached hydrogen (secondary N) is 1. The molecule has 1 aromatic carbocycles. The molecule has 200 valence electrons. The van der Waals surface area contributed by atoms with E-state index in [9.17, 15) is 19.2 Å². The predicted molar refractivity (Wildman–Crippen MR) is 137 cm³/mol. The molecule has 2 aromatic rings. The molecule has 0 bridgehead atoms. The van der Waals surface area contributed by atoms with Crippen molar-refractivity contribution in [3.8, 4) is 0 Å². The number of fused-ring (bicyclic) bond motifs is 1. The van der Waals surface area contributed by atoms with Crippen LogP contribution < -0.4 is 16.7 Å². The first-order chi connectivity index (χ1) is 17.8. The standard InChI is InChI=1S/C26H36N6O5/c1-29-21-15-17(4-6-19(21)32(26(29)36)20-7-9-23(33)28-24(20)34)3-2-10-30-11-13-31(14-12-30)25(35)22-8-5-18(27)16-37-22/h4,6,15,18,20,22H,2-3,5,7-14,16,27H2,1H3,(H,28,33,34)/t18-,20?,22+/m1/s1. The Labute approximate surface area is 215 Å². The topological polar surface area (TPSA) is 132 Å². The van der Waals surface area contributed by atoms with Gasteiger partial charge in [0.05, 0.1) is 17.6 Å². The molecule has 3 fully saturated rings. The van der Waals surface area contributed by atoms with Crippen LogP contribution >= 0.6 is 0 Å². The fourth-order valence-corrected chi connectivity index (χ4v) is 5.66. The summed E-state index contributed by atoms with van der Waals surface area (Å²) >= 11 is 0. The van der Waals surface area contributed by atoms with Crippen molar-refractivity contribution in [2.75, 3.05) is 39.3 Å². The second-order valence-corrected chi connectivity index (χ2v) is 10.4. The highest BCUT2D eigenvalue weighted by molar-refractivity contribution is 6.00. The van der Waals surface area contributed by atoms with Crippen molar-refractivity contribution in [3.05, 3.63) is 34.2 Å². The summed E-state index contributed by atoms with van der Waals surface area (Å²) in [6, 6.07) is 5.30. The lowest BCUT2D eigenvalue weighted by atomic mass is 10.0. The number of hydrogen-bond acceptors (Lipinski definition) is 7. The van der Waals surface area contributed by atoms with Gasteiger partial charge in [0.1, 0.15) is 12.1 Å². The molecule has 0 saturated carbocycles. The summed E-state index contributed by atoms with van der Waals surface area (Å²) in [5.41, 5.74) is 8.23. The monoisotopic (exact) mass is 512 g/mol. The third-order valence-corrected chi connectivity index (χ3v) is 7.89. The van der Waals surface area contributed by atoms with E-state index in [2.05, 4.69) is 10.2 Å². The number of ether oxygens (including phenoxy) is 1. The molecule has 3 amide bonds. The van der Waals surface area contributed by atoms with Crippen LogP contribution in [0.1, 0.15) is 43.7 Å². The van der Waals surface area contributed by atoms with E-state index in [0.717, 1.165) is 50.0 Å². The highest BCUT2D eigenvalue weighted by Gasteiger charge is 2.32. The molecule has 3 aliphatic rings. The van der Waals surface area contributed by atoms with Crippen LogP contribution in [-0.4, -0.2) is 88.1 Å². The van der Waals surface area contributed by atoms with Crippen molar-refractivity contribution in [2.45, 2.75) is 56.7 Å². The van der Waals surface area contributed by atoms with Gasteiger partial charge >= 0.3 is 5.69 Å². The van der Waals surface area contributed by atoms with Gasteiger partial charge in [-0.3, -0.25) is 33.7 Å². The summed E-state index contributed by atoms with van der Waals surface area (Å²) in [6.07, 6.45) is 3.57. The summed E-state index contributed by atoms with van der Waals surface area (Å²) in [6.45, 7) is 4.52. The lowest BCUT2D eigenvalue weighted by Gasteiger charge is -2.37. The van der Waals surface area contributed by atoms with E-state index >= 15 is 0 Å². The number of rotatable bonds is 6. The third-order valence-electron chi connectivity index (χ3n) is 7.89. The van der Waals surface area contributed by atoms with Crippen LogP contribution in [0.2, 0.25) is 0 Å². The number of nitrogens with zero attached hydrogens (tertiary/aromatic N) is 4. The van der Waals surface area contributed by atoms with Crippen LogP contribution in [0.15, 0.2) is 23.0 Å². The van der Waals surface area contributed by atoms with Crippen LogP contribution in [0.4, 0.5) is 0 Å². The summed E-state index contributed by atoms with van der Waals surface area (Å²) in [5.74, 6) is -0.629. The Hall–Kier alpha value is -3.02. The van der Waals surface area contributed by atoms with Crippen LogP contribution in [0.25, 0.3) is 11.0 Å². The molecule has 0 radical (unpaired) electrons. The normalized spacial score (nSPS) is 25.5. The van der Waals surface area contributed by atoms with Crippen LogP contribution in [0, 0.1) is 0 Å². The maximum Gasteiger partial charge on any atom is 0.329 e. The Morgan fingerprint density at radius 1 is 1.08 bits per heavy atom. The number of carbonyl (C=O) groups excluding carboxylic acids is 3. The quantitative estimate of drug-likeness (QED) is 0.517. The molecule has 1 unspecified atom stereocenters. The maximum atomic E-state index is 12.9. The number of aryl methyl sites for hydroxylation is 2. The first-order valence-electron chi connectivity index (χ1n) is 13.2. The van der Waals surface area contributed by atoms with E-state index in [4.69, 9.17) is 10.5 Å². The zero-order valence-corrected chi connectivity index (χ0v) is 21.4. The number of nitrogens with two attached hydrogens (primary N) is 1. The van der Waals surface area contributed by atoms with Crippen molar-refractivity contribution < 1.29 is 19.1 Å². The molecule has 3 saturated heterocycles. The summed E-state index contributed by atoms with van der Waals surface area (Å²) in [4.78, 5) is 53.9. The third kappa shape index (κ3) is 5.34. The molecule has 0 spiro atoms. The minimum absolute atomic E-state index is 0.0386. The summed E-state index contributed by atoms with van der Waals surface area (Å²) in [5, 5.41) is 2.34. The van der Waals surface area contributed by atoms with Crippen LogP contribution in [0.3, 0.4) is 0 Å². The van der Waals surface area contributed by atoms with Gasteiger partial charge in [-0.15, -0.1) is 0 Å². The summed E-state index contributed by atoms with van der Waals surface area (Å²) in [7, 11) is 1.71. The average molecular weight is 513 g/mol. The number of carbonyl (C=O) groups is 3. The smallest absolute Gasteiger partial charge is 0.329 e. The molecule has 5 rings (SSSR count). The van der Waals surface area contributed by atoms with Gasteiger partial charge in [-0.1, -0.05) is 6.07 Å². The van der Waals surface area contributed by atoms with Crippen molar-refractivity contribution in [1.82, 2.24) is 24.3 Å². The molecule has 3 N–H and O–H groups in total. The second kappa shape index (κ2) is 10.8.